The van der Waals surface area contributed by atoms with Gasteiger partial charge in [-0.1, -0.05) is 24.3 Å². The lowest BCUT2D eigenvalue weighted by atomic mass is 9.94. The van der Waals surface area contributed by atoms with Gasteiger partial charge in [0.2, 0.25) is 0 Å². The Morgan fingerprint density at radius 3 is 2.60 bits per heavy atom. The lowest BCUT2D eigenvalue weighted by Gasteiger charge is -2.17. The van der Waals surface area contributed by atoms with Crippen molar-refractivity contribution in [3.63, 3.8) is 0 Å². The van der Waals surface area contributed by atoms with Crippen molar-refractivity contribution in [3.05, 3.63) is 76.9 Å². The van der Waals surface area contributed by atoms with E-state index in [2.05, 4.69) is 50.2 Å². The Kier molecular flexibility index (Phi) is 6.64. The van der Waals surface area contributed by atoms with Crippen LogP contribution in [-0.2, 0) is 16.1 Å². The summed E-state index contributed by atoms with van der Waals surface area (Å²) >= 11 is 0. The SMILES string of the molecule is Cc1cc(OC2CCOC2)cc(C)c1-c1cccc(COc2ccc3c(c2)OC[C@@H]3CC(=O)O)c1. The van der Waals surface area contributed by atoms with E-state index in [0.717, 1.165) is 35.5 Å². The van der Waals surface area contributed by atoms with Gasteiger partial charge in [0.15, 0.2) is 0 Å². The summed E-state index contributed by atoms with van der Waals surface area (Å²) in [5.74, 6) is 1.38. The molecule has 5 rings (SSSR count). The van der Waals surface area contributed by atoms with Gasteiger partial charge < -0.3 is 24.1 Å². The molecule has 1 fully saturated rings. The molecule has 3 aromatic rings. The first-order valence-electron chi connectivity index (χ1n) is 12.0. The van der Waals surface area contributed by atoms with E-state index >= 15 is 0 Å². The van der Waals surface area contributed by atoms with Gasteiger partial charge in [0, 0.05) is 24.0 Å². The van der Waals surface area contributed by atoms with Crippen molar-refractivity contribution < 1.29 is 28.8 Å². The molecule has 35 heavy (non-hydrogen) atoms. The van der Waals surface area contributed by atoms with Crippen molar-refractivity contribution in [1.29, 1.82) is 0 Å². The third-order valence-corrected chi connectivity index (χ3v) is 6.60. The summed E-state index contributed by atoms with van der Waals surface area (Å²) < 4.78 is 23.3. The first-order valence-corrected chi connectivity index (χ1v) is 12.0. The minimum absolute atomic E-state index is 0.0704. The summed E-state index contributed by atoms with van der Waals surface area (Å²) in [6, 6.07) is 18.2. The summed E-state index contributed by atoms with van der Waals surface area (Å²) in [5, 5.41) is 9.08. The van der Waals surface area contributed by atoms with Crippen molar-refractivity contribution in [2.75, 3.05) is 19.8 Å². The van der Waals surface area contributed by atoms with Crippen LogP contribution in [0.4, 0.5) is 0 Å². The largest absolute Gasteiger partial charge is 0.492 e. The van der Waals surface area contributed by atoms with Crippen LogP contribution in [0.3, 0.4) is 0 Å². The summed E-state index contributed by atoms with van der Waals surface area (Å²) in [4.78, 5) is 11.1. The van der Waals surface area contributed by atoms with E-state index in [4.69, 9.17) is 24.1 Å². The molecule has 0 saturated carbocycles. The number of rotatable bonds is 8. The van der Waals surface area contributed by atoms with E-state index in [1.165, 1.54) is 16.7 Å². The van der Waals surface area contributed by atoms with E-state index in [-0.39, 0.29) is 18.4 Å². The highest BCUT2D eigenvalue weighted by Crippen LogP contribution is 2.38. The Bertz CT molecular complexity index is 1200. The Labute approximate surface area is 205 Å². The highest BCUT2D eigenvalue weighted by atomic mass is 16.5. The molecule has 0 aliphatic carbocycles. The lowest BCUT2D eigenvalue weighted by molar-refractivity contribution is -0.137. The number of carboxylic acid groups (broad SMARTS) is 1. The Balaban J connectivity index is 1.28. The van der Waals surface area contributed by atoms with Crippen LogP contribution in [0.15, 0.2) is 54.6 Å². The van der Waals surface area contributed by atoms with Crippen LogP contribution in [-0.4, -0.2) is 37.0 Å². The predicted octanol–water partition coefficient (Wildman–Crippen LogP) is 5.67. The van der Waals surface area contributed by atoms with Crippen LogP contribution < -0.4 is 14.2 Å². The minimum atomic E-state index is -0.817. The van der Waals surface area contributed by atoms with Crippen molar-refractivity contribution in [2.45, 2.75) is 45.3 Å². The molecule has 0 aromatic heterocycles. The lowest BCUT2D eigenvalue weighted by Crippen LogP contribution is -2.15. The van der Waals surface area contributed by atoms with Gasteiger partial charge in [-0.15, -0.1) is 0 Å². The van der Waals surface area contributed by atoms with Crippen LogP contribution in [0.5, 0.6) is 17.2 Å². The molecule has 0 amide bonds. The van der Waals surface area contributed by atoms with Crippen molar-refractivity contribution in [3.8, 4) is 28.4 Å². The van der Waals surface area contributed by atoms with Crippen molar-refractivity contribution in [2.24, 2.45) is 0 Å². The van der Waals surface area contributed by atoms with Gasteiger partial charge in [-0.2, -0.15) is 0 Å². The normalized spacial score (nSPS) is 18.7. The fourth-order valence-electron chi connectivity index (χ4n) is 4.96. The minimum Gasteiger partial charge on any atom is -0.492 e. The number of hydrogen-bond donors (Lipinski definition) is 1. The zero-order valence-electron chi connectivity index (χ0n) is 20.1. The van der Waals surface area contributed by atoms with Crippen LogP contribution in [0.1, 0.15) is 41.0 Å². The van der Waals surface area contributed by atoms with Crippen LogP contribution >= 0.6 is 0 Å². The molecule has 6 heteroatoms. The molecule has 0 bridgehead atoms. The topological polar surface area (TPSA) is 74.2 Å². The molecule has 3 aromatic carbocycles. The van der Waals surface area contributed by atoms with E-state index in [1.54, 1.807) is 0 Å². The first kappa shape index (κ1) is 23.2. The average Bonchev–Trinajstić information content (AvgIpc) is 3.47. The number of ether oxygens (including phenoxy) is 4. The summed E-state index contributed by atoms with van der Waals surface area (Å²) in [6.45, 7) is 6.47. The quantitative estimate of drug-likeness (QED) is 0.454. The molecule has 0 spiro atoms. The summed E-state index contributed by atoms with van der Waals surface area (Å²) in [5.41, 5.74) is 6.69. The van der Waals surface area contributed by atoms with E-state index < -0.39 is 5.97 Å². The third-order valence-electron chi connectivity index (χ3n) is 6.60. The number of aliphatic carboxylic acids is 1. The standard InChI is InChI=1S/C29H30O6/c1-18-10-25(35-24-8-9-32-17-24)11-19(2)29(18)21-5-3-4-20(12-21)15-33-23-6-7-26-22(13-28(30)31)16-34-27(26)14-23/h3-7,10-12,14,22,24H,8-9,13,15-17H2,1-2H3,(H,30,31)/t22-,24?/m0/s1. The van der Waals surface area contributed by atoms with Gasteiger partial charge in [0.05, 0.1) is 26.2 Å². The highest BCUT2D eigenvalue weighted by Gasteiger charge is 2.26. The van der Waals surface area contributed by atoms with Crippen molar-refractivity contribution >= 4 is 5.97 Å². The van der Waals surface area contributed by atoms with E-state index in [1.807, 2.05) is 18.2 Å². The molecule has 2 heterocycles. The second kappa shape index (κ2) is 10.0. The molecule has 2 aliphatic rings. The Morgan fingerprint density at radius 1 is 1.03 bits per heavy atom. The maximum Gasteiger partial charge on any atom is 0.304 e. The molecule has 182 valence electrons. The van der Waals surface area contributed by atoms with Gasteiger partial charge >= 0.3 is 5.97 Å². The molecule has 2 atom stereocenters. The van der Waals surface area contributed by atoms with Crippen LogP contribution in [0.25, 0.3) is 11.1 Å². The van der Waals surface area contributed by atoms with E-state index in [9.17, 15) is 4.79 Å². The highest BCUT2D eigenvalue weighted by molar-refractivity contribution is 5.72. The Morgan fingerprint density at radius 2 is 1.86 bits per heavy atom. The monoisotopic (exact) mass is 474 g/mol. The molecule has 1 N–H and O–H groups in total. The number of carbonyl (C=O) groups is 1. The van der Waals surface area contributed by atoms with Crippen LogP contribution in [0.2, 0.25) is 0 Å². The molecule has 1 unspecified atom stereocenters. The van der Waals surface area contributed by atoms with Crippen LogP contribution in [0, 0.1) is 13.8 Å². The fraction of sp³-hybridized carbons (Fsp3) is 0.345. The third kappa shape index (κ3) is 5.28. The molecule has 6 nitrogen and oxygen atoms in total. The smallest absolute Gasteiger partial charge is 0.304 e. The van der Waals surface area contributed by atoms with Gasteiger partial charge in [0.1, 0.15) is 30.0 Å². The maximum atomic E-state index is 11.1. The molecule has 0 radical (unpaired) electrons. The average molecular weight is 475 g/mol. The zero-order valence-corrected chi connectivity index (χ0v) is 20.1. The van der Waals surface area contributed by atoms with Crippen molar-refractivity contribution in [1.82, 2.24) is 0 Å². The van der Waals surface area contributed by atoms with Gasteiger partial charge in [0.25, 0.3) is 0 Å². The maximum absolute atomic E-state index is 11.1. The first-order chi connectivity index (χ1) is 17.0. The molecule has 1 saturated heterocycles. The zero-order chi connectivity index (χ0) is 24.4. The summed E-state index contributed by atoms with van der Waals surface area (Å²) in [7, 11) is 0. The number of fused-ring (bicyclic) bond motifs is 1. The number of carboxylic acids is 1. The van der Waals surface area contributed by atoms with Gasteiger partial charge in [-0.05, 0) is 65.9 Å². The molecule has 2 aliphatic heterocycles. The number of benzene rings is 3. The molecular formula is C29H30O6. The predicted molar refractivity (Wildman–Crippen MR) is 132 cm³/mol. The Hall–Kier alpha value is -3.51. The van der Waals surface area contributed by atoms with E-state index in [0.29, 0.717) is 31.3 Å². The second-order valence-corrected chi connectivity index (χ2v) is 9.33. The van der Waals surface area contributed by atoms with Gasteiger partial charge in [-0.3, -0.25) is 4.79 Å². The fourth-order valence-corrected chi connectivity index (χ4v) is 4.96. The molecular weight excluding hydrogens is 444 g/mol. The second-order valence-electron chi connectivity index (χ2n) is 9.33. The van der Waals surface area contributed by atoms with Gasteiger partial charge in [-0.25, -0.2) is 0 Å². The summed E-state index contributed by atoms with van der Waals surface area (Å²) in [6.07, 6.45) is 1.13. The number of aryl methyl sites for hydroxylation is 2. The number of hydrogen-bond acceptors (Lipinski definition) is 5.